The van der Waals surface area contributed by atoms with Gasteiger partial charge in [0.05, 0.1) is 6.61 Å². The van der Waals surface area contributed by atoms with Crippen LogP contribution in [0.25, 0.3) is 6.08 Å². The monoisotopic (exact) mass is 478 g/mol. The van der Waals surface area contributed by atoms with Gasteiger partial charge in [-0.15, -0.1) is 0 Å². The molecule has 0 saturated carbocycles. The minimum atomic E-state index is -1.62. The summed E-state index contributed by atoms with van der Waals surface area (Å²) in [6.07, 6.45) is -4.53. The molecule has 0 amide bonds. The van der Waals surface area contributed by atoms with Crippen molar-refractivity contribution in [1.29, 1.82) is 0 Å². The van der Waals surface area contributed by atoms with Crippen molar-refractivity contribution in [3.05, 3.63) is 53.6 Å². The van der Waals surface area contributed by atoms with Gasteiger partial charge in [-0.3, -0.25) is 0 Å². The van der Waals surface area contributed by atoms with E-state index in [1.165, 1.54) is 36.4 Å². The van der Waals surface area contributed by atoms with Crippen molar-refractivity contribution in [1.82, 2.24) is 0 Å². The van der Waals surface area contributed by atoms with Crippen molar-refractivity contribution in [3.63, 3.8) is 0 Å². The van der Waals surface area contributed by atoms with Gasteiger partial charge in [-0.25, -0.2) is 4.79 Å². The molecule has 11 nitrogen and oxygen atoms in total. The molecule has 11 heteroatoms. The Bertz CT molecular complexity index is 1020. The van der Waals surface area contributed by atoms with Gasteiger partial charge in [-0.05, 0) is 47.9 Å². The molecule has 0 radical (unpaired) electrons. The van der Waals surface area contributed by atoms with E-state index in [-0.39, 0.29) is 36.0 Å². The van der Waals surface area contributed by atoms with Crippen LogP contribution in [0.1, 0.15) is 11.1 Å². The van der Waals surface area contributed by atoms with Crippen molar-refractivity contribution in [2.45, 2.75) is 37.1 Å². The number of hydrogen-bond acceptors (Lipinski definition) is 11. The molecule has 184 valence electrons. The number of esters is 1. The fourth-order valence-electron chi connectivity index (χ4n) is 3.23. The van der Waals surface area contributed by atoms with Crippen LogP contribution in [0.4, 0.5) is 0 Å². The van der Waals surface area contributed by atoms with E-state index in [2.05, 4.69) is 0 Å². The van der Waals surface area contributed by atoms with Crippen molar-refractivity contribution in [2.75, 3.05) is 13.2 Å². The van der Waals surface area contributed by atoms with Gasteiger partial charge in [0.25, 0.3) is 0 Å². The quantitative estimate of drug-likeness (QED) is 0.155. The van der Waals surface area contributed by atoms with E-state index in [4.69, 9.17) is 14.2 Å². The minimum Gasteiger partial charge on any atom is -0.504 e. The molecule has 3 rings (SSSR count). The average molecular weight is 478 g/mol. The molecule has 1 aliphatic heterocycles. The zero-order chi connectivity index (χ0) is 24.8. The Kier molecular flexibility index (Phi) is 8.31. The van der Waals surface area contributed by atoms with Crippen LogP contribution in [0.3, 0.4) is 0 Å². The Morgan fingerprint density at radius 3 is 2.24 bits per heavy atom. The molecule has 5 atom stereocenters. The largest absolute Gasteiger partial charge is 0.504 e. The maximum Gasteiger partial charge on any atom is 0.330 e. The summed E-state index contributed by atoms with van der Waals surface area (Å²) in [7, 11) is 0. The molecule has 0 aliphatic carbocycles. The molecule has 0 aromatic heterocycles. The van der Waals surface area contributed by atoms with E-state index in [0.717, 1.165) is 6.08 Å². The normalized spacial score (nSPS) is 24.9. The summed E-state index contributed by atoms with van der Waals surface area (Å²) in [4.78, 5) is 12.0. The molecule has 2 aromatic rings. The van der Waals surface area contributed by atoms with Crippen molar-refractivity contribution >= 4 is 12.0 Å². The SMILES string of the molecule is O=C(/C=C/c1ccc(O)c(O)c1)OC[C@@H]1O[C@H](OCCc2ccc(O)c(O)c2)[C@@H](O)[C@H](O)[C@H]1O. The molecule has 1 aliphatic rings. The molecule has 0 spiro atoms. The summed E-state index contributed by atoms with van der Waals surface area (Å²) in [6, 6.07) is 8.21. The summed E-state index contributed by atoms with van der Waals surface area (Å²) >= 11 is 0. The highest BCUT2D eigenvalue weighted by Crippen LogP contribution is 2.27. The number of phenols is 4. The number of carbonyl (C=O) groups is 1. The van der Waals surface area contributed by atoms with E-state index < -0.39 is 43.3 Å². The summed E-state index contributed by atoms with van der Waals surface area (Å²) in [5.41, 5.74) is 1.07. The van der Waals surface area contributed by atoms with Crippen LogP contribution < -0.4 is 0 Å². The molecule has 7 N–H and O–H groups in total. The fraction of sp³-hybridized carbons (Fsp3) is 0.348. The van der Waals surface area contributed by atoms with Crippen LogP contribution in [0, 0.1) is 0 Å². The van der Waals surface area contributed by atoms with Gasteiger partial charge in [0.2, 0.25) is 0 Å². The van der Waals surface area contributed by atoms with E-state index in [1.54, 1.807) is 6.07 Å². The number of aromatic hydroxyl groups is 4. The smallest absolute Gasteiger partial charge is 0.330 e. The number of aliphatic hydroxyl groups excluding tert-OH is 3. The number of benzene rings is 2. The number of hydrogen-bond donors (Lipinski definition) is 7. The first-order chi connectivity index (χ1) is 16.2. The Morgan fingerprint density at radius 2 is 1.56 bits per heavy atom. The van der Waals surface area contributed by atoms with Gasteiger partial charge >= 0.3 is 5.97 Å². The lowest BCUT2D eigenvalue weighted by Crippen LogP contribution is -2.59. The molecule has 34 heavy (non-hydrogen) atoms. The van der Waals surface area contributed by atoms with Crippen LogP contribution >= 0.6 is 0 Å². The van der Waals surface area contributed by atoms with Crippen molar-refractivity contribution < 1.29 is 54.8 Å². The van der Waals surface area contributed by atoms with Gasteiger partial charge in [0.15, 0.2) is 29.3 Å². The van der Waals surface area contributed by atoms with Gasteiger partial charge in [-0.2, -0.15) is 0 Å². The Balaban J connectivity index is 1.52. The van der Waals surface area contributed by atoms with Crippen molar-refractivity contribution in [2.24, 2.45) is 0 Å². The van der Waals surface area contributed by atoms with Gasteiger partial charge in [-0.1, -0.05) is 12.1 Å². The highest BCUT2D eigenvalue weighted by atomic mass is 16.7. The van der Waals surface area contributed by atoms with Crippen LogP contribution in [-0.4, -0.2) is 85.6 Å². The molecular weight excluding hydrogens is 452 g/mol. The number of carbonyl (C=O) groups excluding carboxylic acids is 1. The van der Waals surface area contributed by atoms with Crippen LogP contribution in [0.2, 0.25) is 0 Å². The molecule has 0 unspecified atom stereocenters. The summed E-state index contributed by atoms with van der Waals surface area (Å²) in [5, 5.41) is 68.1. The second-order valence-corrected chi connectivity index (χ2v) is 7.67. The number of rotatable bonds is 8. The second kappa shape index (κ2) is 11.2. The highest BCUT2D eigenvalue weighted by molar-refractivity contribution is 5.87. The van der Waals surface area contributed by atoms with E-state index >= 15 is 0 Å². The fourth-order valence-corrected chi connectivity index (χ4v) is 3.23. The van der Waals surface area contributed by atoms with E-state index in [0.29, 0.717) is 11.1 Å². The van der Waals surface area contributed by atoms with Gasteiger partial charge in [0, 0.05) is 6.08 Å². The van der Waals surface area contributed by atoms with Crippen molar-refractivity contribution in [3.8, 4) is 23.0 Å². The number of ether oxygens (including phenoxy) is 3. The maximum absolute atomic E-state index is 12.0. The van der Waals surface area contributed by atoms with E-state index in [1.807, 2.05) is 0 Å². The van der Waals surface area contributed by atoms with E-state index in [9.17, 15) is 40.5 Å². The molecule has 1 saturated heterocycles. The Morgan fingerprint density at radius 1 is 0.882 bits per heavy atom. The predicted molar refractivity (Wildman–Crippen MR) is 116 cm³/mol. The minimum absolute atomic E-state index is 0.0173. The third kappa shape index (κ3) is 6.37. The average Bonchev–Trinajstić information content (AvgIpc) is 2.81. The van der Waals surface area contributed by atoms with Crippen LogP contribution in [-0.2, 0) is 25.4 Å². The lowest BCUT2D eigenvalue weighted by atomic mass is 9.99. The standard InChI is InChI=1S/C23H26O11/c24-14-4-1-12(9-16(14)26)3-6-19(28)33-11-18-20(29)21(30)22(31)23(34-18)32-8-7-13-2-5-15(25)17(27)10-13/h1-6,9-10,18,20-27,29-31H,7-8,11H2/b6-3+/t18-,20-,21+,22-,23-/m0/s1. The zero-order valence-electron chi connectivity index (χ0n) is 17.9. The highest BCUT2D eigenvalue weighted by Gasteiger charge is 2.44. The van der Waals surface area contributed by atoms with Gasteiger partial charge in [0.1, 0.15) is 31.0 Å². The molecule has 2 aromatic carbocycles. The zero-order valence-corrected chi connectivity index (χ0v) is 17.9. The first kappa shape index (κ1) is 25.3. The summed E-state index contributed by atoms with van der Waals surface area (Å²) in [5.74, 6) is -2.00. The topological polar surface area (TPSA) is 186 Å². The lowest BCUT2D eigenvalue weighted by molar-refractivity contribution is -0.301. The van der Waals surface area contributed by atoms with Crippen LogP contribution in [0.15, 0.2) is 42.5 Å². The molecule has 1 heterocycles. The molecule has 1 fully saturated rings. The number of aliphatic hydroxyl groups is 3. The predicted octanol–water partition coefficient (Wildman–Crippen LogP) is 0.132. The number of phenolic OH excluding ortho intramolecular Hbond substituents is 4. The van der Waals surface area contributed by atoms with Crippen LogP contribution in [0.5, 0.6) is 23.0 Å². The maximum atomic E-state index is 12.0. The lowest BCUT2D eigenvalue weighted by Gasteiger charge is -2.39. The third-order valence-corrected chi connectivity index (χ3v) is 5.18. The first-order valence-electron chi connectivity index (χ1n) is 10.3. The first-order valence-corrected chi connectivity index (χ1v) is 10.3. The Hall–Kier alpha value is -3.35. The third-order valence-electron chi connectivity index (χ3n) is 5.18. The second-order valence-electron chi connectivity index (χ2n) is 7.67. The van der Waals surface area contributed by atoms with Gasteiger partial charge < -0.3 is 50.0 Å². The molecular formula is C23H26O11. The summed E-state index contributed by atoms with van der Waals surface area (Å²) < 4.78 is 16.0. The summed E-state index contributed by atoms with van der Waals surface area (Å²) in [6.45, 7) is -0.426. The Labute approximate surface area is 194 Å². The molecule has 0 bridgehead atoms.